The van der Waals surface area contributed by atoms with E-state index in [9.17, 15) is 9.90 Å². The van der Waals surface area contributed by atoms with Crippen molar-refractivity contribution >= 4 is 5.97 Å². The van der Waals surface area contributed by atoms with Gasteiger partial charge in [0, 0.05) is 20.6 Å². The van der Waals surface area contributed by atoms with E-state index >= 15 is 0 Å². The zero-order valence-electron chi connectivity index (χ0n) is 9.27. The fourth-order valence-corrected chi connectivity index (χ4v) is 1.60. The Labute approximate surface area is 88.1 Å². The van der Waals surface area contributed by atoms with E-state index in [2.05, 4.69) is 4.74 Å². The SMILES string of the molecule is COC(=O)[C@@]1(O)C[C@@H](OC)O[C@]1(C)OC. The first-order valence-corrected chi connectivity index (χ1v) is 4.50. The number of methoxy groups -OCH3 is 3. The maximum atomic E-state index is 11.5. The van der Waals surface area contributed by atoms with E-state index in [-0.39, 0.29) is 6.42 Å². The van der Waals surface area contributed by atoms with Crippen molar-refractivity contribution < 1.29 is 28.8 Å². The van der Waals surface area contributed by atoms with Crippen molar-refractivity contribution in [2.75, 3.05) is 21.3 Å². The van der Waals surface area contributed by atoms with Gasteiger partial charge in [0.1, 0.15) is 0 Å². The molecule has 1 N–H and O–H groups in total. The van der Waals surface area contributed by atoms with E-state index in [1.807, 2.05) is 0 Å². The summed E-state index contributed by atoms with van der Waals surface area (Å²) in [5, 5.41) is 10.2. The summed E-state index contributed by atoms with van der Waals surface area (Å²) in [6, 6.07) is 0. The molecule has 0 unspecified atom stereocenters. The third kappa shape index (κ3) is 1.74. The van der Waals surface area contributed by atoms with Crippen LogP contribution in [0.25, 0.3) is 0 Å². The van der Waals surface area contributed by atoms with E-state index in [1.165, 1.54) is 28.3 Å². The Balaban J connectivity index is 2.99. The number of aliphatic hydroxyl groups is 1. The van der Waals surface area contributed by atoms with Gasteiger partial charge in [-0.2, -0.15) is 0 Å². The summed E-state index contributed by atoms with van der Waals surface area (Å²) >= 11 is 0. The van der Waals surface area contributed by atoms with E-state index in [0.29, 0.717) is 0 Å². The van der Waals surface area contributed by atoms with Crippen molar-refractivity contribution in [2.45, 2.75) is 31.0 Å². The van der Waals surface area contributed by atoms with Crippen LogP contribution in [-0.4, -0.2) is 50.1 Å². The summed E-state index contributed by atoms with van der Waals surface area (Å²) < 4.78 is 19.8. The maximum Gasteiger partial charge on any atom is 0.343 e. The Morgan fingerprint density at radius 3 is 2.47 bits per heavy atom. The molecule has 0 bridgehead atoms. The van der Waals surface area contributed by atoms with Gasteiger partial charge in [0.05, 0.1) is 7.11 Å². The van der Waals surface area contributed by atoms with Gasteiger partial charge < -0.3 is 24.1 Å². The largest absolute Gasteiger partial charge is 0.467 e. The smallest absolute Gasteiger partial charge is 0.343 e. The molecular formula is C9H16O6. The Bertz CT molecular complexity index is 255. The molecule has 3 atom stereocenters. The Morgan fingerprint density at radius 2 is 2.07 bits per heavy atom. The van der Waals surface area contributed by atoms with Gasteiger partial charge in [0.25, 0.3) is 0 Å². The maximum absolute atomic E-state index is 11.5. The minimum Gasteiger partial charge on any atom is -0.467 e. The van der Waals surface area contributed by atoms with Crippen molar-refractivity contribution in [1.82, 2.24) is 0 Å². The molecule has 15 heavy (non-hydrogen) atoms. The lowest BCUT2D eigenvalue weighted by Gasteiger charge is -2.33. The quantitative estimate of drug-likeness (QED) is 0.655. The summed E-state index contributed by atoms with van der Waals surface area (Å²) in [5.74, 6) is -2.26. The van der Waals surface area contributed by atoms with Crippen LogP contribution in [0.4, 0.5) is 0 Å². The predicted molar refractivity (Wildman–Crippen MR) is 48.9 cm³/mol. The number of hydrogen-bond acceptors (Lipinski definition) is 6. The lowest BCUT2D eigenvalue weighted by molar-refractivity contribution is -0.287. The molecule has 88 valence electrons. The summed E-state index contributed by atoms with van der Waals surface area (Å²) in [5.41, 5.74) is -1.85. The molecule has 1 aliphatic rings. The summed E-state index contributed by atoms with van der Waals surface area (Å²) in [6.45, 7) is 1.46. The van der Waals surface area contributed by atoms with Gasteiger partial charge in [-0.05, 0) is 6.92 Å². The molecule has 6 nitrogen and oxygen atoms in total. The molecule has 0 aromatic carbocycles. The summed E-state index contributed by atoms with van der Waals surface area (Å²) in [7, 11) is 3.95. The topological polar surface area (TPSA) is 74.2 Å². The summed E-state index contributed by atoms with van der Waals surface area (Å²) in [4.78, 5) is 11.5. The highest BCUT2D eigenvalue weighted by Gasteiger charge is 2.63. The fraction of sp³-hybridized carbons (Fsp3) is 0.889. The molecule has 1 aliphatic heterocycles. The van der Waals surface area contributed by atoms with E-state index < -0.39 is 23.6 Å². The molecule has 0 radical (unpaired) electrons. The molecule has 1 saturated heterocycles. The molecule has 0 saturated carbocycles. The Morgan fingerprint density at radius 1 is 1.47 bits per heavy atom. The molecule has 0 aromatic rings. The zero-order chi connectivity index (χ0) is 11.7. The van der Waals surface area contributed by atoms with Crippen LogP contribution in [0, 0.1) is 0 Å². The Kier molecular flexibility index (Phi) is 3.34. The Hall–Kier alpha value is -0.690. The molecule has 0 aromatic heterocycles. The zero-order valence-corrected chi connectivity index (χ0v) is 9.27. The molecule has 6 heteroatoms. The van der Waals surface area contributed by atoms with E-state index in [4.69, 9.17) is 14.2 Å². The van der Waals surface area contributed by atoms with Gasteiger partial charge in [0.15, 0.2) is 6.29 Å². The van der Waals surface area contributed by atoms with Crippen molar-refractivity contribution in [2.24, 2.45) is 0 Å². The van der Waals surface area contributed by atoms with Crippen LogP contribution >= 0.6 is 0 Å². The van der Waals surface area contributed by atoms with Gasteiger partial charge in [0.2, 0.25) is 11.4 Å². The molecule has 1 fully saturated rings. The highest BCUT2D eigenvalue weighted by atomic mass is 16.8. The van der Waals surface area contributed by atoms with Crippen molar-refractivity contribution in [3.8, 4) is 0 Å². The van der Waals surface area contributed by atoms with Crippen LogP contribution in [0.5, 0.6) is 0 Å². The van der Waals surface area contributed by atoms with E-state index in [1.54, 1.807) is 0 Å². The third-order valence-corrected chi connectivity index (χ3v) is 2.75. The standard InChI is InChI=1S/C9H16O6/c1-8(14-4)9(11,7(10)13-3)5-6(12-2)15-8/h6,11H,5H2,1-4H3/t6-,8-,9-/m0/s1. The molecule has 0 amide bonds. The second-order valence-electron chi connectivity index (χ2n) is 3.49. The first kappa shape index (κ1) is 12.4. The molecule has 0 aliphatic carbocycles. The van der Waals surface area contributed by atoms with Crippen LogP contribution in [0.2, 0.25) is 0 Å². The number of carbonyl (C=O) groups is 1. The molecule has 1 rings (SSSR count). The van der Waals surface area contributed by atoms with Crippen molar-refractivity contribution in [3.05, 3.63) is 0 Å². The van der Waals surface area contributed by atoms with Crippen LogP contribution in [0.15, 0.2) is 0 Å². The molecule has 0 spiro atoms. The summed E-state index contributed by atoms with van der Waals surface area (Å²) in [6.07, 6.45) is -0.723. The lowest BCUT2D eigenvalue weighted by atomic mass is 9.93. The highest BCUT2D eigenvalue weighted by Crippen LogP contribution is 2.41. The number of esters is 1. The number of rotatable bonds is 3. The number of hydrogen-bond donors (Lipinski definition) is 1. The lowest BCUT2D eigenvalue weighted by Crippen LogP contribution is -2.56. The normalized spacial score (nSPS) is 40.5. The van der Waals surface area contributed by atoms with Crippen molar-refractivity contribution in [1.29, 1.82) is 0 Å². The monoisotopic (exact) mass is 220 g/mol. The third-order valence-electron chi connectivity index (χ3n) is 2.75. The van der Waals surface area contributed by atoms with Gasteiger partial charge in [-0.3, -0.25) is 0 Å². The number of ether oxygens (including phenoxy) is 4. The van der Waals surface area contributed by atoms with Crippen LogP contribution in [0.3, 0.4) is 0 Å². The average Bonchev–Trinajstić information content (AvgIpc) is 2.52. The molecular weight excluding hydrogens is 204 g/mol. The van der Waals surface area contributed by atoms with E-state index in [0.717, 1.165) is 0 Å². The predicted octanol–water partition coefficient (Wildman–Crippen LogP) is -0.354. The van der Waals surface area contributed by atoms with Crippen LogP contribution in [0.1, 0.15) is 13.3 Å². The highest BCUT2D eigenvalue weighted by molar-refractivity contribution is 5.81. The minimum absolute atomic E-state index is 0.0273. The second kappa shape index (κ2) is 4.05. The second-order valence-corrected chi connectivity index (χ2v) is 3.49. The van der Waals surface area contributed by atoms with Crippen LogP contribution in [-0.2, 0) is 23.7 Å². The van der Waals surface area contributed by atoms with Gasteiger partial charge >= 0.3 is 5.97 Å². The van der Waals surface area contributed by atoms with Crippen LogP contribution < -0.4 is 0 Å². The first-order chi connectivity index (χ1) is 6.93. The van der Waals surface area contributed by atoms with Gasteiger partial charge in [-0.1, -0.05) is 0 Å². The fourth-order valence-electron chi connectivity index (χ4n) is 1.60. The minimum atomic E-state index is -1.85. The first-order valence-electron chi connectivity index (χ1n) is 4.50. The van der Waals surface area contributed by atoms with Gasteiger partial charge in [-0.25, -0.2) is 4.79 Å². The molecule has 1 heterocycles. The number of carbonyl (C=O) groups excluding carboxylic acids is 1. The van der Waals surface area contributed by atoms with Gasteiger partial charge in [-0.15, -0.1) is 0 Å². The average molecular weight is 220 g/mol. The van der Waals surface area contributed by atoms with Crippen molar-refractivity contribution in [3.63, 3.8) is 0 Å².